The summed E-state index contributed by atoms with van der Waals surface area (Å²) in [4.78, 5) is 35.3. The second kappa shape index (κ2) is 10.8. The molecule has 8 heteroatoms. The maximum Gasteiger partial charge on any atom is 0.404 e. The lowest BCUT2D eigenvalue weighted by Gasteiger charge is -2.19. The fourth-order valence-electron chi connectivity index (χ4n) is 2.66. The number of anilines is 1. The monoisotopic (exact) mass is 375 g/mol. The third-order valence-corrected chi connectivity index (χ3v) is 4.03. The number of carbonyl (C=O) groups excluding carboxylic acids is 2. The molecule has 0 saturated carbocycles. The van der Waals surface area contributed by atoms with Crippen LogP contribution >= 0.6 is 0 Å². The van der Waals surface area contributed by atoms with E-state index in [0.29, 0.717) is 50.3 Å². The Kier molecular flexibility index (Phi) is 8.15. The smallest absolute Gasteiger partial charge is 0.404 e. The molecule has 1 aromatic rings. The van der Waals surface area contributed by atoms with E-state index in [2.05, 4.69) is 16.0 Å². The summed E-state index contributed by atoms with van der Waals surface area (Å²) >= 11 is 0. The molecule has 2 rings (SSSR count). The van der Waals surface area contributed by atoms with Crippen molar-refractivity contribution in [3.8, 4) is 5.75 Å². The number of fused-ring (bicyclic) bond motifs is 1. The Bertz CT molecular complexity index is 690. The zero-order chi connectivity index (χ0) is 19.5. The molecular weight excluding hydrogens is 350 g/mol. The maximum atomic E-state index is 12.7. The van der Waals surface area contributed by atoms with Gasteiger partial charge in [0, 0.05) is 13.0 Å². The van der Waals surface area contributed by atoms with Crippen molar-refractivity contribution in [3.05, 3.63) is 36.4 Å². The normalized spacial score (nSPS) is 19.0. The van der Waals surface area contributed by atoms with E-state index >= 15 is 0 Å². The average molecular weight is 375 g/mol. The Balaban J connectivity index is 2.05. The van der Waals surface area contributed by atoms with E-state index in [1.165, 1.54) is 0 Å². The average Bonchev–Trinajstić information content (AvgIpc) is 2.64. The molecule has 1 atom stereocenters. The molecule has 0 aromatic heterocycles. The predicted molar refractivity (Wildman–Crippen MR) is 101 cm³/mol. The Labute approximate surface area is 158 Å². The summed E-state index contributed by atoms with van der Waals surface area (Å²) in [5.41, 5.74) is 0.543. The molecule has 0 saturated heterocycles. The fourth-order valence-corrected chi connectivity index (χ4v) is 2.66. The molecule has 0 aliphatic carbocycles. The Hall–Kier alpha value is -3.03. The van der Waals surface area contributed by atoms with Crippen LogP contribution in [-0.4, -0.2) is 42.2 Å². The number of hydrogen-bond acceptors (Lipinski definition) is 4. The van der Waals surface area contributed by atoms with Crippen molar-refractivity contribution in [1.29, 1.82) is 0 Å². The van der Waals surface area contributed by atoms with Crippen LogP contribution in [0, 0.1) is 0 Å². The molecule has 146 valence electrons. The van der Waals surface area contributed by atoms with Crippen molar-refractivity contribution in [2.24, 2.45) is 0 Å². The van der Waals surface area contributed by atoms with E-state index < -0.39 is 12.1 Å². The van der Waals surface area contributed by atoms with Crippen LogP contribution in [0.2, 0.25) is 0 Å². The first-order chi connectivity index (χ1) is 13.1. The lowest BCUT2D eigenvalue weighted by atomic mass is 10.1. The Morgan fingerprint density at radius 3 is 2.85 bits per heavy atom. The van der Waals surface area contributed by atoms with Gasteiger partial charge in [-0.25, -0.2) is 4.79 Å². The first kappa shape index (κ1) is 20.3. The van der Waals surface area contributed by atoms with Crippen molar-refractivity contribution in [2.45, 2.75) is 38.1 Å². The molecule has 4 N–H and O–H groups in total. The van der Waals surface area contributed by atoms with Gasteiger partial charge in [0.15, 0.2) is 0 Å². The standard InChI is InChI=1S/C19H25N3O5/c23-17-11-2-1-7-13-27-16-10-4-3-8-14(16)22-18(24)15(21-17)9-5-6-12-20-19(25)26/h1,3-4,7-8,10,15,20H,2,5-6,9,11-13H2,(H,21,23)(H,22,24)(H,25,26)/b7-1+. The van der Waals surface area contributed by atoms with Crippen molar-refractivity contribution in [1.82, 2.24) is 10.6 Å². The number of unbranched alkanes of at least 4 members (excludes halogenated alkanes) is 1. The van der Waals surface area contributed by atoms with E-state index in [9.17, 15) is 14.4 Å². The maximum absolute atomic E-state index is 12.7. The van der Waals surface area contributed by atoms with Gasteiger partial charge in [-0.15, -0.1) is 0 Å². The lowest BCUT2D eigenvalue weighted by molar-refractivity contribution is -0.126. The fraction of sp³-hybridized carbons (Fsp3) is 0.421. The Morgan fingerprint density at radius 1 is 1.22 bits per heavy atom. The van der Waals surface area contributed by atoms with Gasteiger partial charge in [0.1, 0.15) is 18.4 Å². The highest BCUT2D eigenvalue weighted by Crippen LogP contribution is 2.24. The number of carbonyl (C=O) groups is 3. The van der Waals surface area contributed by atoms with Crippen LogP contribution in [-0.2, 0) is 9.59 Å². The van der Waals surface area contributed by atoms with E-state index in [4.69, 9.17) is 9.84 Å². The number of amides is 3. The quantitative estimate of drug-likeness (QED) is 0.465. The molecule has 0 radical (unpaired) electrons. The molecule has 1 aromatic carbocycles. The van der Waals surface area contributed by atoms with Crippen LogP contribution in [0.3, 0.4) is 0 Å². The molecule has 1 aliphatic heterocycles. The minimum absolute atomic E-state index is 0.197. The van der Waals surface area contributed by atoms with Gasteiger partial charge in [0.05, 0.1) is 5.69 Å². The first-order valence-electron chi connectivity index (χ1n) is 9.00. The zero-order valence-electron chi connectivity index (χ0n) is 15.1. The number of carboxylic acid groups (broad SMARTS) is 1. The number of allylic oxidation sites excluding steroid dienone is 1. The van der Waals surface area contributed by atoms with Crippen LogP contribution < -0.4 is 20.7 Å². The Morgan fingerprint density at radius 2 is 2.04 bits per heavy atom. The number of rotatable bonds is 5. The van der Waals surface area contributed by atoms with Gasteiger partial charge in [-0.1, -0.05) is 24.3 Å². The van der Waals surface area contributed by atoms with Gasteiger partial charge < -0.3 is 25.8 Å². The molecule has 0 spiro atoms. The highest BCUT2D eigenvalue weighted by Gasteiger charge is 2.21. The van der Waals surface area contributed by atoms with E-state index in [0.717, 1.165) is 0 Å². The number of ether oxygens (including phenoxy) is 1. The van der Waals surface area contributed by atoms with E-state index in [-0.39, 0.29) is 18.2 Å². The summed E-state index contributed by atoms with van der Waals surface area (Å²) in [6.07, 6.45) is 5.08. The number of benzene rings is 1. The largest absolute Gasteiger partial charge is 0.487 e. The van der Waals surface area contributed by atoms with Gasteiger partial charge >= 0.3 is 6.09 Å². The van der Waals surface area contributed by atoms with Crippen molar-refractivity contribution in [2.75, 3.05) is 18.5 Å². The molecule has 0 fully saturated rings. The van der Waals surface area contributed by atoms with Crippen molar-refractivity contribution >= 4 is 23.6 Å². The molecule has 3 amide bonds. The summed E-state index contributed by atoms with van der Waals surface area (Å²) in [7, 11) is 0. The van der Waals surface area contributed by atoms with E-state index in [1.54, 1.807) is 18.2 Å². The summed E-state index contributed by atoms with van der Waals surface area (Å²) in [5.74, 6) is 0.0418. The van der Waals surface area contributed by atoms with Gasteiger partial charge in [-0.05, 0) is 37.8 Å². The minimum atomic E-state index is -1.08. The molecule has 1 unspecified atom stereocenters. The number of hydrogen-bond donors (Lipinski definition) is 4. The highest BCUT2D eigenvalue weighted by molar-refractivity contribution is 5.98. The topological polar surface area (TPSA) is 117 Å². The van der Waals surface area contributed by atoms with Crippen LogP contribution in [0.4, 0.5) is 10.5 Å². The van der Waals surface area contributed by atoms with Crippen LogP contribution in [0.1, 0.15) is 32.1 Å². The molecule has 8 nitrogen and oxygen atoms in total. The molecule has 27 heavy (non-hydrogen) atoms. The van der Waals surface area contributed by atoms with Crippen LogP contribution in [0.25, 0.3) is 0 Å². The minimum Gasteiger partial charge on any atom is -0.487 e. The van der Waals surface area contributed by atoms with Crippen molar-refractivity contribution < 1.29 is 24.2 Å². The number of nitrogens with one attached hydrogen (secondary N) is 3. The third kappa shape index (κ3) is 7.39. The second-order valence-electron chi connectivity index (χ2n) is 6.15. The second-order valence-corrected chi connectivity index (χ2v) is 6.15. The van der Waals surface area contributed by atoms with Gasteiger partial charge in [-0.2, -0.15) is 0 Å². The molecule has 1 heterocycles. The lowest BCUT2D eigenvalue weighted by Crippen LogP contribution is -2.43. The first-order valence-corrected chi connectivity index (χ1v) is 9.00. The summed E-state index contributed by atoms with van der Waals surface area (Å²) in [5, 5.41) is 16.5. The summed E-state index contributed by atoms with van der Waals surface area (Å²) in [6, 6.07) is 6.43. The van der Waals surface area contributed by atoms with Crippen LogP contribution in [0.5, 0.6) is 5.75 Å². The third-order valence-electron chi connectivity index (χ3n) is 4.03. The SMILES string of the molecule is O=C(O)NCCCCC1NC(=O)CC/C=C/COc2ccccc2NC1=O. The molecule has 1 aliphatic rings. The van der Waals surface area contributed by atoms with Gasteiger partial charge in [0.2, 0.25) is 11.8 Å². The number of para-hydroxylation sites is 2. The van der Waals surface area contributed by atoms with Crippen LogP contribution in [0.15, 0.2) is 36.4 Å². The van der Waals surface area contributed by atoms with Gasteiger partial charge in [0.25, 0.3) is 0 Å². The molecular formula is C19H25N3O5. The predicted octanol–water partition coefficient (Wildman–Crippen LogP) is 2.28. The summed E-state index contributed by atoms with van der Waals surface area (Å²) < 4.78 is 5.68. The highest BCUT2D eigenvalue weighted by atomic mass is 16.5. The summed E-state index contributed by atoms with van der Waals surface area (Å²) in [6.45, 7) is 0.660. The van der Waals surface area contributed by atoms with Gasteiger partial charge in [-0.3, -0.25) is 9.59 Å². The zero-order valence-corrected chi connectivity index (χ0v) is 15.1. The van der Waals surface area contributed by atoms with E-state index in [1.807, 2.05) is 18.2 Å². The molecule has 0 bridgehead atoms. The van der Waals surface area contributed by atoms with Crippen molar-refractivity contribution in [3.63, 3.8) is 0 Å².